The molecule has 19 heavy (non-hydrogen) atoms. The van der Waals surface area contributed by atoms with Crippen molar-refractivity contribution in [3.8, 4) is 0 Å². The molecule has 0 aliphatic carbocycles. The third kappa shape index (κ3) is 1.93. The van der Waals surface area contributed by atoms with E-state index in [0.29, 0.717) is 11.4 Å². The van der Waals surface area contributed by atoms with E-state index in [9.17, 15) is 4.79 Å². The van der Waals surface area contributed by atoms with E-state index in [1.54, 1.807) is 10.9 Å². The molecule has 6 heteroatoms. The zero-order valence-corrected chi connectivity index (χ0v) is 11.1. The van der Waals surface area contributed by atoms with Gasteiger partial charge in [0.2, 0.25) is 0 Å². The number of aromatic nitrogens is 3. The molecule has 0 radical (unpaired) electrons. The molecule has 2 aromatic heterocycles. The number of methoxy groups -OCH3 is 1. The fourth-order valence-corrected chi connectivity index (χ4v) is 2.50. The van der Waals surface area contributed by atoms with Crippen molar-refractivity contribution >= 4 is 22.8 Å². The molecule has 0 saturated carbocycles. The molecule has 1 aliphatic heterocycles. The van der Waals surface area contributed by atoms with E-state index in [0.717, 1.165) is 37.0 Å². The normalized spacial score (nSPS) is 15.2. The minimum absolute atomic E-state index is 0.347. The summed E-state index contributed by atoms with van der Waals surface area (Å²) in [4.78, 5) is 18.7. The van der Waals surface area contributed by atoms with Crippen LogP contribution < -0.4 is 4.90 Å². The Kier molecular flexibility index (Phi) is 2.85. The van der Waals surface area contributed by atoms with E-state index in [-0.39, 0.29) is 5.97 Å². The number of nitrogens with zero attached hydrogens (tertiary/aromatic N) is 4. The molecule has 0 spiro atoms. The molecule has 0 unspecified atom stereocenters. The minimum Gasteiger partial charge on any atom is -0.465 e. The average molecular weight is 260 g/mol. The number of aryl methyl sites for hydroxylation is 1. The first-order chi connectivity index (χ1) is 9.20. The Bertz CT molecular complexity index is 629. The van der Waals surface area contributed by atoms with Crippen LogP contribution in [0.5, 0.6) is 0 Å². The Morgan fingerprint density at radius 3 is 2.79 bits per heavy atom. The predicted molar refractivity (Wildman–Crippen MR) is 71.3 cm³/mol. The fraction of sp³-hybridized carbons (Fsp3) is 0.462. The van der Waals surface area contributed by atoms with Crippen LogP contribution in [0.25, 0.3) is 11.0 Å². The highest BCUT2D eigenvalue weighted by atomic mass is 16.5. The van der Waals surface area contributed by atoms with Gasteiger partial charge in [0.1, 0.15) is 11.4 Å². The van der Waals surface area contributed by atoms with Crippen LogP contribution in [-0.4, -0.2) is 40.9 Å². The summed E-state index contributed by atoms with van der Waals surface area (Å²) in [5, 5.41) is 5.03. The maximum Gasteiger partial charge on any atom is 0.341 e. The second-order valence-electron chi connectivity index (χ2n) is 4.73. The summed E-state index contributed by atoms with van der Waals surface area (Å²) in [6.07, 6.45) is 3.97. The number of rotatable bonds is 2. The van der Waals surface area contributed by atoms with Gasteiger partial charge in [-0.1, -0.05) is 0 Å². The standard InChI is InChI=1S/C13H16N4O2/c1-16-11-9(8-14-16)7-10(13(18)19-2)12(15-11)17-5-3-4-6-17/h7-8H,3-6H2,1-2H3. The molecule has 1 saturated heterocycles. The van der Waals surface area contributed by atoms with Crippen molar-refractivity contribution in [3.05, 3.63) is 17.8 Å². The lowest BCUT2D eigenvalue weighted by Gasteiger charge is -2.19. The van der Waals surface area contributed by atoms with Crippen molar-refractivity contribution in [2.75, 3.05) is 25.1 Å². The molecule has 0 bridgehead atoms. The summed E-state index contributed by atoms with van der Waals surface area (Å²) >= 11 is 0. The van der Waals surface area contributed by atoms with Gasteiger partial charge in [-0.05, 0) is 18.9 Å². The van der Waals surface area contributed by atoms with Crippen molar-refractivity contribution in [2.24, 2.45) is 7.05 Å². The van der Waals surface area contributed by atoms with Crippen LogP contribution in [0.2, 0.25) is 0 Å². The highest BCUT2D eigenvalue weighted by Gasteiger charge is 2.23. The number of hydrogen-bond acceptors (Lipinski definition) is 5. The predicted octanol–water partition coefficient (Wildman–Crippen LogP) is 1.36. The van der Waals surface area contributed by atoms with Gasteiger partial charge in [-0.2, -0.15) is 5.10 Å². The van der Waals surface area contributed by atoms with Crippen LogP contribution in [-0.2, 0) is 11.8 Å². The van der Waals surface area contributed by atoms with E-state index < -0.39 is 0 Å². The Labute approximate surface area is 111 Å². The summed E-state index contributed by atoms with van der Waals surface area (Å²) in [5.74, 6) is 0.362. The summed E-state index contributed by atoms with van der Waals surface area (Å²) in [7, 11) is 3.24. The van der Waals surface area contributed by atoms with E-state index in [1.165, 1.54) is 7.11 Å². The van der Waals surface area contributed by atoms with Gasteiger partial charge in [-0.25, -0.2) is 9.78 Å². The number of ether oxygens (including phenoxy) is 1. The molecule has 0 amide bonds. The molecule has 6 nitrogen and oxygen atoms in total. The van der Waals surface area contributed by atoms with E-state index >= 15 is 0 Å². The smallest absolute Gasteiger partial charge is 0.341 e. The highest BCUT2D eigenvalue weighted by Crippen LogP contribution is 2.26. The third-order valence-electron chi connectivity index (χ3n) is 3.50. The third-order valence-corrected chi connectivity index (χ3v) is 3.50. The summed E-state index contributed by atoms with van der Waals surface area (Å²) in [6, 6.07) is 1.81. The van der Waals surface area contributed by atoms with Gasteiger partial charge in [-0.15, -0.1) is 0 Å². The number of carbonyl (C=O) groups excluding carboxylic acids is 1. The molecular weight excluding hydrogens is 244 g/mol. The second kappa shape index (κ2) is 4.53. The van der Waals surface area contributed by atoms with Crippen LogP contribution in [0.4, 0.5) is 5.82 Å². The van der Waals surface area contributed by atoms with Crippen LogP contribution in [0.1, 0.15) is 23.2 Å². The van der Waals surface area contributed by atoms with E-state index in [2.05, 4.69) is 15.0 Å². The molecule has 2 aromatic rings. The van der Waals surface area contributed by atoms with Crippen LogP contribution in [0.15, 0.2) is 12.3 Å². The zero-order valence-electron chi connectivity index (χ0n) is 11.1. The van der Waals surface area contributed by atoms with Crippen molar-refractivity contribution in [1.82, 2.24) is 14.8 Å². The quantitative estimate of drug-likeness (QED) is 0.763. The molecule has 0 atom stereocenters. The molecule has 100 valence electrons. The van der Waals surface area contributed by atoms with Gasteiger partial charge in [0.05, 0.1) is 13.3 Å². The van der Waals surface area contributed by atoms with Crippen molar-refractivity contribution in [2.45, 2.75) is 12.8 Å². The van der Waals surface area contributed by atoms with Gasteiger partial charge in [-0.3, -0.25) is 4.68 Å². The number of fused-ring (bicyclic) bond motifs is 1. The number of esters is 1. The van der Waals surface area contributed by atoms with Crippen LogP contribution in [0.3, 0.4) is 0 Å². The van der Waals surface area contributed by atoms with E-state index in [1.807, 2.05) is 13.1 Å². The van der Waals surface area contributed by atoms with Crippen LogP contribution >= 0.6 is 0 Å². The molecule has 3 rings (SSSR count). The average Bonchev–Trinajstić information content (AvgIpc) is 3.07. The lowest BCUT2D eigenvalue weighted by atomic mass is 10.2. The number of carbonyl (C=O) groups is 1. The first-order valence-electron chi connectivity index (χ1n) is 6.36. The van der Waals surface area contributed by atoms with Gasteiger partial charge in [0.15, 0.2) is 5.65 Å². The minimum atomic E-state index is -0.347. The molecule has 1 fully saturated rings. The lowest BCUT2D eigenvalue weighted by molar-refractivity contribution is 0.0601. The monoisotopic (exact) mass is 260 g/mol. The van der Waals surface area contributed by atoms with Gasteiger partial charge in [0.25, 0.3) is 0 Å². The summed E-state index contributed by atoms with van der Waals surface area (Å²) in [6.45, 7) is 1.86. The van der Waals surface area contributed by atoms with Crippen LogP contribution in [0, 0.1) is 0 Å². The number of pyridine rings is 1. The first kappa shape index (κ1) is 12.0. The van der Waals surface area contributed by atoms with Gasteiger partial charge >= 0.3 is 5.97 Å². The fourth-order valence-electron chi connectivity index (χ4n) is 2.50. The maximum atomic E-state index is 11.9. The Morgan fingerprint density at radius 1 is 1.37 bits per heavy atom. The lowest BCUT2D eigenvalue weighted by Crippen LogP contribution is -2.22. The largest absolute Gasteiger partial charge is 0.465 e. The second-order valence-corrected chi connectivity index (χ2v) is 4.73. The summed E-state index contributed by atoms with van der Waals surface area (Å²) in [5.41, 5.74) is 1.31. The van der Waals surface area contributed by atoms with Crippen molar-refractivity contribution in [3.63, 3.8) is 0 Å². The van der Waals surface area contributed by atoms with Crippen molar-refractivity contribution < 1.29 is 9.53 Å². The molecule has 1 aliphatic rings. The topological polar surface area (TPSA) is 60.2 Å². The molecule has 0 aromatic carbocycles. The first-order valence-corrected chi connectivity index (χ1v) is 6.36. The van der Waals surface area contributed by atoms with Gasteiger partial charge < -0.3 is 9.64 Å². The van der Waals surface area contributed by atoms with Gasteiger partial charge in [0, 0.05) is 25.5 Å². The molecular formula is C13H16N4O2. The van der Waals surface area contributed by atoms with E-state index in [4.69, 9.17) is 4.74 Å². The Balaban J connectivity index is 2.19. The zero-order chi connectivity index (χ0) is 13.4. The molecule has 0 N–H and O–H groups in total. The highest BCUT2D eigenvalue weighted by molar-refractivity contribution is 5.98. The Hall–Kier alpha value is -2.11. The Morgan fingerprint density at radius 2 is 2.11 bits per heavy atom. The number of hydrogen-bond donors (Lipinski definition) is 0. The maximum absolute atomic E-state index is 11.9. The molecule has 3 heterocycles. The summed E-state index contributed by atoms with van der Waals surface area (Å²) < 4.78 is 6.58. The SMILES string of the molecule is COC(=O)c1cc2cnn(C)c2nc1N1CCCC1. The number of anilines is 1. The van der Waals surface area contributed by atoms with Crippen molar-refractivity contribution in [1.29, 1.82) is 0 Å².